The Hall–Kier alpha value is -2.57. The molecule has 142 valence electrons. The lowest BCUT2D eigenvalue weighted by molar-refractivity contribution is 0.607. The maximum atomic E-state index is 13.8. The van der Waals surface area contributed by atoms with Crippen molar-refractivity contribution in [1.82, 2.24) is 0 Å². The van der Waals surface area contributed by atoms with E-state index >= 15 is 0 Å². The third-order valence-corrected chi connectivity index (χ3v) is 6.14. The first-order chi connectivity index (χ1) is 13.4. The number of benzene rings is 3. The molecular formula is C22H18FNO2S2. The average molecular weight is 412 g/mol. The first kappa shape index (κ1) is 18.8. The molecule has 0 unspecified atom stereocenters. The Kier molecular flexibility index (Phi) is 5.00. The number of thioether (sulfide) groups is 1. The van der Waals surface area contributed by atoms with Gasteiger partial charge in [0.2, 0.25) is 10.0 Å². The van der Waals surface area contributed by atoms with Crippen LogP contribution >= 0.6 is 11.8 Å². The highest BCUT2D eigenvalue weighted by Crippen LogP contribution is 2.41. The molecule has 0 saturated carbocycles. The van der Waals surface area contributed by atoms with Gasteiger partial charge in [0.25, 0.3) is 0 Å². The molecule has 0 radical (unpaired) electrons. The van der Waals surface area contributed by atoms with E-state index in [0.29, 0.717) is 5.69 Å². The molecule has 0 aromatic heterocycles. The van der Waals surface area contributed by atoms with E-state index < -0.39 is 10.0 Å². The van der Waals surface area contributed by atoms with Crippen LogP contribution in [-0.4, -0.2) is 14.7 Å². The Labute approximate surface area is 168 Å². The number of sulfonamides is 1. The summed E-state index contributed by atoms with van der Waals surface area (Å²) in [4.78, 5) is 0.896. The molecule has 6 heteroatoms. The summed E-state index contributed by atoms with van der Waals surface area (Å²) in [6.45, 7) is 0. The molecule has 0 spiro atoms. The molecule has 0 aliphatic carbocycles. The Morgan fingerprint density at radius 1 is 1.00 bits per heavy atom. The van der Waals surface area contributed by atoms with Crippen LogP contribution in [0, 0.1) is 5.82 Å². The maximum Gasteiger partial charge on any atom is 0.229 e. The van der Waals surface area contributed by atoms with E-state index in [1.807, 2.05) is 36.4 Å². The number of anilines is 1. The van der Waals surface area contributed by atoms with Crippen LogP contribution in [0.15, 0.2) is 71.6 Å². The van der Waals surface area contributed by atoms with Crippen molar-refractivity contribution in [2.45, 2.75) is 10.6 Å². The molecule has 3 nitrogen and oxygen atoms in total. The van der Waals surface area contributed by atoms with Crippen LogP contribution in [0.5, 0.6) is 0 Å². The molecule has 0 atom stereocenters. The largest absolute Gasteiger partial charge is 0.284 e. The lowest BCUT2D eigenvalue weighted by Crippen LogP contribution is -2.09. The highest BCUT2D eigenvalue weighted by Gasteiger charge is 2.19. The van der Waals surface area contributed by atoms with Crippen LogP contribution in [0.2, 0.25) is 0 Å². The van der Waals surface area contributed by atoms with E-state index in [9.17, 15) is 12.8 Å². The topological polar surface area (TPSA) is 46.2 Å². The van der Waals surface area contributed by atoms with Crippen molar-refractivity contribution in [3.63, 3.8) is 0 Å². The predicted octanol–water partition coefficient (Wildman–Crippen LogP) is 5.39. The molecule has 1 heterocycles. The molecule has 0 bridgehead atoms. The summed E-state index contributed by atoms with van der Waals surface area (Å²) in [6.07, 6.45) is 3.15. The predicted molar refractivity (Wildman–Crippen MR) is 114 cm³/mol. The second kappa shape index (κ2) is 7.45. The average Bonchev–Trinajstić information content (AvgIpc) is 2.78. The van der Waals surface area contributed by atoms with Crippen molar-refractivity contribution in [2.24, 2.45) is 0 Å². The Morgan fingerprint density at radius 3 is 2.64 bits per heavy atom. The highest BCUT2D eigenvalue weighted by molar-refractivity contribution is 7.98. The van der Waals surface area contributed by atoms with Gasteiger partial charge in [0.1, 0.15) is 5.82 Å². The van der Waals surface area contributed by atoms with Crippen LogP contribution in [0.4, 0.5) is 10.1 Å². The number of nitrogens with one attached hydrogen (secondary N) is 1. The summed E-state index contributed by atoms with van der Waals surface area (Å²) >= 11 is 1.62. The summed E-state index contributed by atoms with van der Waals surface area (Å²) in [5.74, 6) is 0.510. The first-order valence-corrected chi connectivity index (χ1v) is 11.6. The van der Waals surface area contributed by atoms with Crippen molar-refractivity contribution in [3.05, 3.63) is 94.8 Å². The minimum Gasteiger partial charge on any atom is -0.284 e. The van der Waals surface area contributed by atoms with Crippen LogP contribution < -0.4 is 4.72 Å². The molecule has 0 saturated heterocycles. The van der Waals surface area contributed by atoms with Gasteiger partial charge in [-0.1, -0.05) is 42.5 Å². The fourth-order valence-corrected chi connectivity index (χ4v) is 4.92. The van der Waals surface area contributed by atoms with Gasteiger partial charge in [0, 0.05) is 16.3 Å². The van der Waals surface area contributed by atoms with Gasteiger partial charge in [-0.15, -0.1) is 11.8 Å². The maximum absolute atomic E-state index is 13.8. The second-order valence-corrected chi connectivity index (χ2v) is 9.41. The Balaban J connectivity index is 1.88. The molecule has 1 aliphatic heterocycles. The Morgan fingerprint density at radius 2 is 1.82 bits per heavy atom. The zero-order valence-corrected chi connectivity index (χ0v) is 16.8. The quantitative estimate of drug-likeness (QED) is 0.628. The second-order valence-electron chi connectivity index (χ2n) is 6.64. The monoisotopic (exact) mass is 411 g/mol. The fraction of sp³-hybridized carbons (Fsp3) is 0.0909. The number of rotatable bonds is 3. The van der Waals surface area contributed by atoms with Crippen LogP contribution in [0.1, 0.15) is 22.3 Å². The summed E-state index contributed by atoms with van der Waals surface area (Å²) in [7, 11) is -3.35. The summed E-state index contributed by atoms with van der Waals surface area (Å²) in [5, 5.41) is 0. The number of hydrogen-bond donors (Lipinski definition) is 1. The molecule has 1 N–H and O–H groups in total. The molecule has 3 aromatic rings. The van der Waals surface area contributed by atoms with Gasteiger partial charge in [-0.05, 0) is 58.2 Å². The smallest absolute Gasteiger partial charge is 0.229 e. The number of fused-ring (bicyclic) bond motifs is 2. The third-order valence-electron chi connectivity index (χ3n) is 4.43. The lowest BCUT2D eigenvalue weighted by atomic mass is 9.92. The molecule has 0 amide bonds. The number of halogens is 1. The van der Waals surface area contributed by atoms with Crippen LogP contribution in [0.3, 0.4) is 0 Å². The van der Waals surface area contributed by atoms with Crippen molar-refractivity contribution in [3.8, 4) is 0 Å². The fourth-order valence-electron chi connectivity index (χ4n) is 3.28. The van der Waals surface area contributed by atoms with Crippen molar-refractivity contribution in [2.75, 3.05) is 11.0 Å². The van der Waals surface area contributed by atoms with E-state index in [1.165, 1.54) is 11.6 Å². The zero-order chi connectivity index (χ0) is 19.7. The minimum atomic E-state index is -3.35. The SMILES string of the molecule is CS(=O)(=O)Nc1cccc(C=C2c3ccccc3CSc3cc(F)ccc32)c1. The molecule has 4 rings (SSSR count). The summed E-state index contributed by atoms with van der Waals surface area (Å²) in [5.41, 5.74) is 5.61. The van der Waals surface area contributed by atoms with Gasteiger partial charge >= 0.3 is 0 Å². The van der Waals surface area contributed by atoms with Gasteiger partial charge in [0.15, 0.2) is 0 Å². The molecular weight excluding hydrogens is 393 g/mol. The van der Waals surface area contributed by atoms with Gasteiger partial charge in [-0.25, -0.2) is 12.8 Å². The third kappa shape index (κ3) is 4.13. The molecule has 28 heavy (non-hydrogen) atoms. The highest BCUT2D eigenvalue weighted by atomic mass is 32.2. The number of hydrogen-bond acceptors (Lipinski definition) is 3. The van der Waals surface area contributed by atoms with Gasteiger partial charge in [-0.3, -0.25) is 4.72 Å². The molecule has 1 aliphatic rings. The summed E-state index contributed by atoms with van der Waals surface area (Å²) in [6, 6.07) is 20.2. The first-order valence-electron chi connectivity index (χ1n) is 8.70. The van der Waals surface area contributed by atoms with E-state index in [4.69, 9.17) is 0 Å². The van der Waals surface area contributed by atoms with E-state index in [2.05, 4.69) is 16.9 Å². The van der Waals surface area contributed by atoms with Gasteiger partial charge in [0.05, 0.1) is 6.26 Å². The van der Waals surface area contributed by atoms with Crippen LogP contribution in [0.25, 0.3) is 11.6 Å². The van der Waals surface area contributed by atoms with Gasteiger partial charge in [-0.2, -0.15) is 0 Å². The van der Waals surface area contributed by atoms with Crippen molar-refractivity contribution >= 4 is 39.1 Å². The van der Waals surface area contributed by atoms with E-state index in [0.717, 1.165) is 39.2 Å². The van der Waals surface area contributed by atoms with Crippen LogP contribution in [-0.2, 0) is 15.8 Å². The van der Waals surface area contributed by atoms with Crippen molar-refractivity contribution in [1.29, 1.82) is 0 Å². The minimum absolute atomic E-state index is 0.254. The normalized spacial score (nSPS) is 14.9. The standard InChI is InChI=1S/C22H18FNO2S2/c1-28(25,26)24-18-7-4-5-15(11-18)12-21-19-8-3-2-6-16(19)14-27-22-13-17(23)9-10-20(21)22/h2-13,24H,14H2,1H3. The molecule has 0 fully saturated rings. The van der Waals surface area contributed by atoms with E-state index in [-0.39, 0.29) is 5.82 Å². The van der Waals surface area contributed by atoms with E-state index in [1.54, 1.807) is 30.0 Å². The Bertz CT molecular complexity index is 1190. The molecule has 3 aromatic carbocycles. The zero-order valence-electron chi connectivity index (χ0n) is 15.1. The van der Waals surface area contributed by atoms with Crippen molar-refractivity contribution < 1.29 is 12.8 Å². The summed E-state index contributed by atoms with van der Waals surface area (Å²) < 4.78 is 39.4. The lowest BCUT2D eigenvalue weighted by Gasteiger charge is -2.12. The van der Waals surface area contributed by atoms with Gasteiger partial charge < -0.3 is 0 Å².